The smallest absolute Gasteiger partial charge is 0.250 e. The van der Waals surface area contributed by atoms with Crippen molar-refractivity contribution in [3.05, 3.63) is 36.9 Å². The number of carbonyl (C=O) groups excluding carboxylic acids is 2. The summed E-state index contributed by atoms with van der Waals surface area (Å²) in [6.45, 7) is 4.06. The minimum atomic E-state index is -0.469. The van der Waals surface area contributed by atoms with E-state index >= 15 is 0 Å². The van der Waals surface area contributed by atoms with Crippen molar-refractivity contribution < 1.29 is 14.3 Å². The normalized spacial score (nSPS) is 11.7. The van der Waals surface area contributed by atoms with Gasteiger partial charge in [0.2, 0.25) is 11.8 Å². The molecule has 1 aromatic carbocycles. The summed E-state index contributed by atoms with van der Waals surface area (Å²) in [6, 6.07) is 6.37. The van der Waals surface area contributed by atoms with E-state index in [1.54, 1.807) is 31.2 Å². The fourth-order valence-electron chi connectivity index (χ4n) is 1.81. The van der Waals surface area contributed by atoms with E-state index in [0.717, 1.165) is 0 Å². The first-order chi connectivity index (χ1) is 11.1. The molecule has 1 unspecified atom stereocenters. The van der Waals surface area contributed by atoms with Crippen LogP contribution in [0.1, 0.15) is 19.9 Å². The highest BCUT2D eigenvalue weighted by molar-refractivity contribution is 5.94. The van der Waals surface area contributed by atoms with Crippen LogP contribution in [-0.2, 0) is 14.3 Å². The molecule has 0 bridgehead atoms. The third-order valence-electron chi connectivity index (χ3n) is 3.09. The van der Waals surface area contributed by atoms with Gasteiger partial charge in [-0.2, -0.15) is 5.10 Å². The molecule has 0 fully saturated rings. The number of nitrogens with one attached hydrogen (secondary N) is 2. The van der Waals surface area contributed by atoms with Gasteiger partial charge in [0.1, 0.15) is 25.3 Å². The second-order valence-corrected chi connectivity index (χ2v) is 4.80. The van der Waals surface area contributed by atoms with Gasteiger partial charge in [0.25, 0.3) is 0 Å². The van der Waals surface area contributed by atoms with Crippen molar-refractivity contribution in [1.82, 2.24) is 14.8 Å². The van der Waals surface area contributed by atoms with Gasteiger partial charge in [-0.25, -0.2) is 9.67 Å². The molecule has 2 aromatic rings. The fourth-order valence-corrected chi connectivity index (χ4v) is 1.81. The first kappa shape index (κ1) is 16.6. The first-order valence-electron chi connectivity index (χ1n) is 7.22. The van der Waals surface area contributed by atoms with Crippen molar-refractivity contribution in [3.63, 3.8) is 0 Å². The van der Waals surface area contributed by atoms with Crippen LogP contribution in [0.25, 0.3) is 0 Å². The van der Waals surface area contributed by atoms with Crippen molar-refractivity contribution in [1.29, 1.82) is 0 Å². The van der Waals surface area contributed by atoms with Crippen LogP contribution in [-0.4, -0.2) is 39.8 Å². The van der Waals surface area contributed by atoms with Crippen LogP contribution < -0.4 is 10.6 Å². The number of rotatable bonds is 7. The second-order valence-electron chi connectivity index (χ2n) is 4.80. The first-order valence-corrected chi connectivity index (χ1v) is 7.22. The minimum absolute atomic E-state index is 0.0183. The Hall–Kier alpha value is -2.74. The largest absolute Gasteiger partial charge is 0.372 e. The lowest BCUT2D eigenvalue weighted by Gasteiger charge is -2.12. The number of ether oxygens (including phenoxy) is 1. The van der Waals surface area contributed by atoms with E-state index in [0.29, 0.717) is 18.0 Å². The molecule has 0 aliphatic carbocycles. The molecule has 8 nitrogen and oxygen atoms in total. The number of aromatic nitrogens is 3. The third kappa shape index (κ3) is 4.89. The van der Waals surface area contributed by atoms with E-state index in [-0.39, 0.29) is 18.4 Å². The van der Waals surface area contributed by atoms with E-state index in [2.05, 4.69) is 20.7 Å². The van der Waals surface area contributed by atoms with Crippen LogP contribution in [0.5, 0.6) is 0 Å². The zero-order chi connectivity index (χ0) is 16.7. The maximum Gasteiger partial charge on any atom is 0.250 e. The van der Waals surface area contributed by atoms with E-state index in [1.165, 1.54) is 17.3 Å². The lowest BCUT2D eigenvalue weighted by molar-refractivity contribution is -0.120. The van der Waals surface area contributed by atoms with Crippen molar-refractivity contribution in [2.45, 2.75) is 19.9 Å². The second kappa shape index (κ2) is 8.04. The van der Waals surface area contributed by atoms with Gasteiger partial charge >= 0.3 is 0 Å². The van der Waals surface area contributed by atoms with E-state index in [9.17, 15) is 9.59 Å². The van der Waals surface area contributed by atoms with E-state index in [4.69, 9.17) is 4.74 Å². The molecular formula is C15H19N5O3. The minimum Gasteiger partial charge on any atom is -0.372 e. The highest BCUT2D eigenvalue weighted by Crippen LogP contribution is 2.15. The molecule has 2 N–H and O–H groups in total. The molecule has 1 heterocycles. The summed E-state index contributed by atoms with van der Waals surface area (Å²) in [5.41, 5.74) is 1.27. The molecule has 1 aromatic heterocycles. The number of benzene rings is 1. The topological polar surface area (TPSA) is 98.1 Å². The molecule has 1 atom stereocenters. The van der Waals surface area contributed by atoms with Crippen LogP contribution in [0, 0.1) is 0 Å². The molecule has 23 heavy (non-hydrogen) atoms. The summed E-state index contributed by atoms with van der Waals surface area (Å²) in [7, 11) is 0. The number of amides is 2. The Morgan fingerprint density at radius 3 is 2.43 bits per heavy atom. The predicted octanol–water partition coefficient (Wildman–Crippen LogP) is 1.45. The molecule has 2 rings (SSSR count). The number of carbonyl (C=O) groups is 2. The number of hydrogen-bond acceptors (Lipinski definition) is 5. The van der Waals surface area contributed by atoms with E-state index < -0.39 is 6.04 Å². The molecule has 8 heteroatoms. The number of hydrogen-bond donors (Lipinski definition) is 2. The van der Waals surface area contributed by atoms with Crippen molar-refractivity contribution in [2.24, 2.45) is 0 Å². The summed E-state index contributed by atoms with van der Waals surface area (Å²) in [4.78, 5) is 27.5. The maximum absolute atomic E-state index is 12.1. The molecule has 0 aliphatic rings. The number of nitrogens with zero attached hydrogens (tertiary/aromatic N) is 3. The van der Waals surface area contributed by atoms with Crippen LogP contribution >= 0.6 is 0 Å². The summed E-state index contributed by atoms with van der Waals surface area (Å²) in [5.74, 6) is -0.424. The molecular weight excluding hydrogens is 298 g/mol. The van der Waals surface area contributed by atoms with Crippen molar-refractivity contribution in [3.8, 4) is 0 Å². The van der Waals surface area contributed by atoms with Crippen LogP contribution in [0.15, 0.2) is 36.9 Å². The summed E-state index contributed by atoms with van der Waals surface area (Å²) in [5, 5.41) is 9.42. The Morgan fingerprint density at radius 2 is 1.87 bits per heavy atom. The Bertz CT molecular complexity index is 640. The van der Waals surface area contributed by atoms with Gasteiger partial charge in [0.05, 0.1) is 0 Å². The van der Waals surface area contributed by atoms with Gasteiger partial charge < -0.3 is 15.4 Å². The molecule has 0 aliphatic heterocycles. The predicted molar refractivity (Wildman–Crippen MR) is 84.9 cm³/mol. The summed E-state index contributed by atoms with van der Waals surface area (Å²) < 4.78 is 6.49. The molecule has 0 saturated carbocycles. The number of anilines is 2. The van der Waals surface area contributed by atoms with E-state index in [1.807, 2.05) is 6.92 Å². The lowest BCUT2D eigenvalue weighted by atomic mass is 10.2. The van der Waals surface area contributed by atoms with Gasteiger partial charge in [-0.05, 0) is 38.1 Å². The Labute approximate surface area is 133 Å². The van der Waals surface area contributed by atoms with Gasteiger partial charge in [0, 0.05) is 18.0 Å². The maximum atomic E-state index is 12.1. The standard InChI is InChI=1S/C15H19N5O3/c1-3-23-8-14(21)18-12-4-6-13(7-5-12)19-15(22)11(2)20-10-16-9-17-20/h4-7,9-11H,3,8H2,1-2H3,(H,18,21)(H,19,22). The van der Waals surface area contributed by atoms with Gasteiger partial charge in [-0.15, -0.1) is 0 Å². The zero-order valence-electron chi connectivity index (χ0n) is 13.0. The molecule has 0 saturated heterocycles. The summed E-state index contributed by atoms with van der Waals surface area (Å²) in [6.07, 6.45) is 2.87. The van der Waals surface area contributed by atoms with Crippen LogP contribution in [0.3, 0.4) is 0 Å². The third-order valence-corrected chi connectivity index (χ3v) is 3.09. The average molecular weight is 317 g/mol. The van der Waals surface area contributed by atoms with Gasteiger partial charge in [-0.1, -0.05) is 0 Å². The van der Waals surface area contributed by atoms with Gasteiger partial charge in [-0.3, -0.25) is 9.59 Å². The molecule has 2 amide bonds. The molecule has 122 valence electrons. The highest BCUT2D eigenvalue weighted by atomic mass is 16.5. The molecule has 0 radical (unpaired) electrons. The Balaban J connectivity index is 1.89. The van der Waals surface area contributed by atoms with Crippen molar-refractivity contribution in [2.75, 3.05) is 23.8 Å². The SMILES string of the molecule is CCOCC(=O)Nc1ccc(NC(=O)C(C)n2cncn2)cc1. The van der Waals surface area contributed by atoms with Crippen LogP contribution in [0.4, 0.5) is 11.4 Å². The average Bonchev–Trinajstić information content (AvgIpc) is 3.08. The zero-order valence-corrected chi connectivity index (χ0v) is 13.0. The fraction of sp³-hybridized carbons (Fsp3) is 0.333. The Morgan fingerprint density at radius 1 is 1.22 bits per heavy atom. The highest BCUT2D eigenvalue weighted by Gasteiger charge is 2.15. The molecule has 0 spiro atoms. The van der Waals surface area contributed by atoms with Crippen LogP contribution in [0.2, 0.25) is 0 Å². The van der Waals surface area contributed by atoms with Gasteiger partial charge in [0.15, 0.2) is 0 Å². The Kier molecular flexibility index (Phi) is 5.81. The monoisotopic (exact) mass is 317 g/mol. The quantitative estimate of drug-likeness (QED) is 0.805. The lowest BCUT2D eigenvalue weighted by Crippen LogP contribution is -2.24. The van der Waals surface area contributed by atoms with Crippen molar-refractivity contribution >= 4 is 23.2 Å². The summed E-state index contributed by atoms with van der Waals surface area (Å²) >= 11 is 0.